The van der Waals surface area contributed by atoms with Crippen LogP contribution in [0.25, 0.3) is 0 Å². The summed E-state index contributed by atoms with van der Waals surface area (Å²) in [5.74, 6) is 0.192. The SMILES string of the molecule is Oc1ccc(Cl)cc1CNc1ccc(Cl)cc1Cl. The van der Waals surface area contributed by atoms with Crippen LogP contribution in [0.15, 0.2) is 36.4 Å². The van der Waals surface area contributed by atoms with Gasteiger partial charge in [-0.1, -0.05) is 34.8 Å². The molecule has 0 aliphatic carbocycles. The zero-order valence-corrected chi connectivity index (χ0v) is 11.5. The Hall–Kier alpha value is -1.09. The number of phenols is 1. The van der Waals surface area contributed by atoms with Crippen molar-refractivity contribution in [2.24, 2.45) is 0 Å². The molecule has 94 valence electrons. The maximum atomic E-state index is 9.67. The average Bonchev–Trinajstić information content (AvgIpc) is 2.32. The first kappa shape index (κ1) is 13.3. The molecule has 0 amide bonds. The lowest BCUT2D eigenvalue weighted by Gasteiger charge is -2.10. The Balaban J connectivity index is 2.13. The summed E-state index contributed by atoms with van der Waals surface area (Å²) in [6.07, 6.45) is 0. The quantitative estimate of drug-likeness (QED) is 0.839. The van der Waals surface area contributed by atoms with Crippen LogP contribution in [-0.4, -0.2) is 5.11 Å². The van der Waals surface area contributed by atoms with Crippen molar-refractivity contribution in [3.05, 3.63) is 57.0 Å². The molecule has 5 heteroatoms. The predicted molar refractivity (Wildman–Crippen MR) is 76.9 cm³/mol. The lowest BCUT2D eigenvalue weighted by atomic mass is 10.2. The summed E-state index contributed by atoms with van der Waals surface area (Å²) in [5.41, 5.74) is 1.45. The van der Waals surface area contributed by atoms with E-state index in [1.807, 2.05) is 0 Å². The maximum absolute atomic E-state index is 9.67. The van der Waals surface area contributed by atoms with Gasteiger partial charge in [-0.15, -0.1) is 0 Å². The first-order valence-corrected chi connectivity index (χ1v) is 6.36. The van der Waals surface area contributed by atoms with E-state index in [1.54, 1.807) is 36.4 Å². The highest BCUT2D eigenvalue weighted by Gasteiger charge is 2.04. The highest BCUT2D eigenvalue weighted by molar-refractivity contribution is 6.36. The third kappa shape index (κ3) is 3.22. The van der Waals surface area contributed by atoms with E-state index in [4.69, 9.17) is 34.8 Å². The van der Waals surface area contributed by atoms with E-state index in [-0.39, 0.29) is 5.75 Å². The predicted octanol–water partition coefficient (Wildman–Crippen LogP) is 4.96. The normalized spacial score (nSPS) is 10.4. The highest BCUT2D eigenvalue weighted by atomic mass is 35.5. The van der Waals surface area contributed by atoms with Gasteiger partial charge in [-0.2, -0.15) is 0 Å². The lowest BCUT2D eigenvalue weighted by Crippen LogP contribution is -2.00. The molecule has 0 heterocycles. The van der Waals surface area contributed by atoms with Crippen molar-refractivity contribution in [2.45, 2.75) is 6.54 Å². The minimum Gasteiger partial charge on any atom is -0.508 e. The second-order valence-corrected chi connectivity index (χ2v) is 5.03. The van der Waals surface area contributed by atoms with Gasteiger partial charge >= 0.3 is 0 Å². The molecule has 0 fully saturated rings. The molecule has 0 aromatic heterocycles. The molecule has 0 bridgehead atoms. The molecule has 0 unspecified atom stereocenters. The molecule has 0 radical (unpaired) electrons. The molecule has 2 N–H and O–H groups in total. The number of benzene rings is 2. The van der Waals surface area contributed by atoms with Gasteiger partial charge in [0.15, 0.2) is 0 Å². The standard InChI is InChI=1S/C13H10Cl3NO/c14-9-2-4-13(18)8(5-9)7-17-12-3-1-10(15)6-11(12)16/h1-6,17-18H,7H2. The molecule has 2 aromatic rings. The van der Waals surface area contributed by atoms with E-state index >= 15 is 0 Å². The maximum Gasteiger partial charge on any atom is 0.120 e. The van der Waals surface area contributed by atoms with Gasteiger partial charge in [0.1, 0.15) is 5.75 Å². The topological polar surface area (TPSA) is 32.3 Å². The van der Waals surface area contributed by atoms with Crippen molar-refractivity contribution < 1.29 is 5.11 Å². The molecule has 0 atom stereocenters. The number of hydrogen-bond acceptors (Lipinski definition) is 2. The first-order chi connectivity index (χ1) is 8.56. The minimum atomic E-state index is 0.192. The molecule has 0 spiro atoms. The van der Waals surface area contributed by atoms with Gasteiger partial charge in [0.25, 0.3) is 0 Å². The van der Waals surface area contributed by atoms with Crippen LogP contribution in [0, 0.1) is 0 Å². The van der Waals surface area contributed by atoms with Crippen LogP contribution < -0.4 is 5.32 Å². The van der Waals surface area contributed by atoms with E-state index in [0.29, 0.717) is 27.2 Å². The Morgan fingerprint density at radius 1 is 0.944 bits per heavy atom. The van der Waals surface area contributed by atoms with Gasteiger partial charge in [-0.25, -0.2) is 0 Å². The van der Waals surface area contributed by atoms with Crippen molar-refractivity contribution in [3.8, 4) is 5.75 Å². The van der Waals surface area contributed by atoms with Gasteiger partial charge in [0.05, 0.1) is 10.7 Å². The van der Waals surface area contributed by atoms with Crippen LogP contribution in [0.4, 0.5) is 5.69 Å². The number of nitrogens with one attached hydrogen (secondary N) is 1. The van der Waals surface area contributed by atoms with Crippen LogP contribution in [0.5, 0.6) is 5.75 Å². The fourth-order valence-corrected chi connectivity index (χ4v) is 2.19. The largest absolute Gasteiger partial charge is 0.508 e. The Kier molecular flexibility index (Phi) is 4.23. The number of phenolic OH excluding ortho intramolecular Hbond substituents is 1. The van der Waals surface area contributed by atoms with E-state index in [2.05, 4.69) is 5.32 Å². The highest BCUT2D eigenvalue weighted by Crippen LogP contribution is 2.27. The fourth-order valence-electron chi connectivity index (χ4n) is 1.52. The van der Waals surface area contributed by atoms with E-state index in [1.165, 1.54) is 0 Å². The van der Waals surface area contributed by atoms with Crippen molar-refractivity contribution in [1.29, 1.82) is 0 Å². The van der Waals surface area contributed by atoms with Crippen LogP contribution in [0.3, 0.4) is 0 Å². The Bertz CT molecular complexity index is 572. The number of hydrogen-bond donors (Lipinski definition) is 2. The van der Waals surface area contributed by atoms with Crippen LogP contribution >= 0.6 is 34.8 Å². The molecule has 2 aromatic carbocycles. The van der Waals surface area contributed by atoms with Gasteiger partial charge < -0.3 is 10.4 Å². The van der Waals surface area contributed by atoms with Gasteiger partial charge in [0.2, 0.25) is 0 Å². The second-order valence-electron chi connectivity index (χ2n) is 3.75. The molecule has 0 saturated heterocycles. The summed E-state index contributed by atoms with van der Waals surface area (Å²) in [7, 11) is 0. The van der Waals surface area contributed by atoms with Crippen molar-refractivity contribution in [1.82, 2.24) is 0 Å². The number of halogens is 3. The zero-order chi connectivity index (χ0) is 13.1. The summed E-state index contributed by atoms with van der Waals surface area (Å²) in [5, 5.41) is 14.5. The summed E-state index contributed by atoms with van der Waals surface area (Å²) >= 11 is 17.7. The van der Waals surface area contributed by atoms with Crippen molar-refractivity contribution >= 4 is 40.5 Å². The molecule has 0 aliphatic rings. The van der Waals surface area contributed by atoms with E-state index in [0.717, 1.165) is 5.69 Å². The summed E-state index contributed by atoms with van der Waals surface area (Å²) in [4.78, 5) is 0. The zero-order valence-electron chi connectivity index (χ0n) is 9.25. The first-order valence-electron chi connectivity index (χ1n) is 5.22. The van der Waals surface area contributed by atoms with E-state index < -0.39 is 0 Å². The van der Waals surface area contributed by atoms with Crippen molar-refractivity contribution in [3.63, 3.8) is 0 Å². The Morgan fingerprint density at radius 3 is 2.33 bits per heavy atom. The lowest BCUT2D eigenvalue weighted by molar-refractivity contribution is 0.469. The average molecular weight is 303 g/mol. The molecule has 0 saturated carbocycles. The summed E-state index contributed by atoms with van der Waals surface area (Å²) < 4.78 is 0. The molecular weight excluding hydrogens is 293 g/mol. The smallest absolute Gasteiger partial charge is 0.120 e. The molecule has 2 nitrogen and oxygen atoms in total. The number of anilines is 1. The van der Waals surface area contributed by atoms with Crippen LogP contribution in [-0.2, 0) is 6.54 Å². The minimum absolute atomic E-state index is 0.192. The molecule has 18 heavy (non-hydrogen) atoms. The number of rotatable bonds is 3. The second kappa shape index (κ2) is 5.70. The number of aromatic hydroxyl groups is 1. The van der Waals surface area contributed by atoms with Crippen LogP contribution in [0.1, 0.15) is 5.56 Å². The summed E-state index contributed by atoms with van der Waals surface area (Å²) in [6, 6.07) is 10.1. The van der Waals surface area contributed by atoms with Gasteiger partial charge in [-0.05, 0) is 36.4 Å². The van der Waals surface area contributed by atoms with Crippen LogP contribution in [0.2, 0.25) is 15.1 Å². The van der Waals surface area contributed by atoms with E-state index in [9.17, 15) is 5.11 Å². The van der Waals surface area contributed by atoms with Gasteiger partial charge in [-0.3, -0.25) is 0 Å². The molecular formula is C13H10Cl3NO. The third-order valence-electron chi connectivity index (χ3n) is 2.44. The monoisotopic (exact) mass is 301 g/mol. The van der Waals surface area contributed by atoms with Crippen molar-refractivity contribution in [2.75, 3.05) is 5.32 Å². The summed E-state index contributed by atoms with van der Waals surface area (Å²) in [6.45, 7) is 0.424. The Labute approximate surface area is 120 Å². The molecule has 0 aliphatic heterocycles. The third-order valence-corrected chi connectivity index (χ3v) is 3.22. The Morgan fingerprint density at radius 2 is 1.61 bits per heavy atom. The molecule has 2 rings (SSSR count). The fraction of sp³-hybridized carbons (Fsp3) is 0.0769. The van der Waals surface area contributed by atoms with Gasteiger partial charge in [0, 0.05) is 22.2 Å².